The Labute approximate surface area is 195 Å². The van der Waals surface area contributed by atoms with Gasteiger partial charge in [-0.15, -0.1) is 6.42 Å². The fourth-order valence-electron chi connectivity index (χ4n) is 3.91. The van der Waals surface area contributed by atoms with Gasteiger partial charge in [-0.25, -0.2) is 9.18 Å². The van der Waals surface area contributed by atoms with E-state index >= 15 is 0 Å². The van der Waals surface area contributed by atoms with Crippen LogP contribution in [0.4, 0.5) is 26.2 Å². The first-order valence-electron chi connectivity index (χ1n) is 10.7. The number of anilines is 3. The number of aliphatic hydroxyl groups is 1. The van der Waals surface area contributed by atoms with Crippen LogP contribution in [0.5, 0.6) is 0 Å². The Kier molecular flexibility index (Phi) is 6.77. The zero-order valence-corrected chi connectivity index (χ0v) is 18.2. The second-order valence-corrected chi connectivity index (χ2v) is 7.96. The fourth-order valence-corrected chi connectivity index (χ4v) is 3.91. The zero-order chi connectivity index (χ0) is 24.2. The van der Waals surface area contributed by atoms with E-state index in [1.54, 1.807) is 24.3 Å². The smallest absolute Gasteiger partial charge is 0.322 e. The molecular formula is C24H23FN4O5. The van der Waals surface area contributed by atoms with E-state index in [9.17, 15) is 23.9 Å². The number of morpholine rings is 1. The summed E-state index contributed by atoms with van der Waals surface area (Å²) in [6.07, 6.45) is 4.44. The maximum atomic E-state index is 14.7. The Balaban J connectivity index is 1.44. The van der Waals surface area contributed by atoms with Crippen molar-refractivity contribution in [1.82, 2.24) is 4.90 Å². The molecule has 2 aliphatic heterocycles. The number of halogens is 1. The molecule has 2 aromatic rings. The summed E-state index contributed by atoms with van der Waals surface area (Å²) in [6.45, 7) is 0.532. The van der Waals surface area contributed by atoms with Crippen LogP contribution in [0.2, 0.25) is 0 Å². The first kappa shape index (κ1) is 23.2. The largest absolute Gasteiger partial charge is 0.391 e. The predicted molar refractivity (Wildman–Crippen MR) is 123 cm³/mol. The second-order valence-electron chi connectivity index (χ2n) is 7.96. The minimum absolute atomic E-state index is 0.0112. The summed E-state index contributed by atoms with van der Waals surface area (Å²) < 4.78 is 19.8. The average molecular weight is 466 g/mol. The number of nitrogens with zero attached hydrogens (tertiary/aromatic N) is 2. The predicted octanol–water partition coefficient (Wildman–Crippen LogP) is 1.78. The molecule has 2 fully saturated rings. The van der Waals surface area contributed by atoms with Crippen LogP contribution in [0, 0.1) is 18.2 Å². The molecule has 176 valence electrons. The van der Waals surface area contributed by atoms with Gasteiger partial charge in [0.2, 0.25) is 5.91 Å². The van der Waals surface area contributed by atoms with Gasteiger partial charge in [-0.2, -0.15) is 0 Å². The number of hydrogen-bond acceptors (Lipinski definition) is 5. The van der Waals surface area contributed by atoms with Crippen LogP contribution in [-0.2, 0) is 14.3 Å². The number of carbonyl (C=O) groups is 3. The van der Waals surface area contributed by atoms with Gasteiger partial charge in [-0.3, -0.25) is 9.59 Å². The van der Waals surface area contributed by atoms with E-state index in [1.165, 1.54) is 21.9 Å². The Morgan fingerprint density at radius 2 is 1.94 bits per heavy atom. The van der Waals surface area contributed by atoms with Crippen molar-refractivity contribution >= 4 is 34.9 Å². The number of benzene rings is 2. The molecule has 0 aliphatic carbocycles. The van der Waals surface area contributed by atoms with E-state index < -0.39 is 29.9 Å². The van der Waals surface area contributed by atoms with E-state index in [2.05, 4.69) is 16.6 Å². The first-order valence-corrected chi connectivity index (χ1v) is 10.7. The number of terminal acetylenes is 1. The average Bonchev–Trinajstić information content (AvgIpc) is 3.23. The molecule has 0 saturated carbocycles. The number of amides is 4. The van der Waals surface area contributed by atoms with Crippen molar-refractivity contribution in [2.24, 2.45) is 0 Å². The van der Waals surface area contributed by atoms with E-state index in [1.807, 2.05) is 0 Å². The van der Waals surface area contributed by atoms with Gasteiger partial charge in [-0.05, 0) is 42.5 Å². The molecule has 4 amide bonds. The number of likely N-dealkylation sites (tertiary alicyclic amines) is 1. The van der Waals surface area contributed by atoms with Crippen LogP contribution in [0.1, 0.15) is 12.0 Å². The number of nitrogens with one attached hydrogen (secondary N) is 2. The zero-order valence-electron chi connectivity index (χ0n) is 18.2. The number of ether oxygens (including phenoxy) is 1. The van der Waals surface area contributed by atoms with Crippen molar-refractivity contribution in [2.75, 3.05) is 41.8 Å². The third-order valence-electron chi connectivity index (χ3n) is 5.65. The molecule has 0 radical (unpaired) electrons. The summed E-state index contributed by atoms with van der Waals surface area (Å²) in [7, 11) is 0. The lowest BCUT2D eigenvalue weighted by Gasteiger charge is -2.27. The topological polar surface area (TPSA) is 111 Å². The van der Waals surface area contributed by atoms with Crippen molar-refractivity contribution in [3.63, 3.8) is 0 Å². The molecular weight excluding hydrogens is 443 g/mol. The standard InChI is InChI=1S/C24H23FN4O5/c1-2-15-3-5-16(6-4-15)26-24(33)29-13-18(30)12-21(29)23(32)27-20-8-7-17(11-19(20)25)28-9-10-34-14-22(28)31/h1,3-8,11,18,21,30H,9-10,12-14H2,(H,26,33)(H,27,32). The Hall–Kier alpha value is -3.94. The molecule has 0 spiro atoms. The third kappa shape index (κ3) is 5.01. The number of urea groups is 1. The Bertz CT molecular complexity index is 1150. The molecule has 2 unspecified atom stereocenters. The van der Waals surface area contributed by atoms with Crippen LogP contribution < -0.4 is 15.5 Å². The van der Waals surface area contributed by atoms with Gasteiger partial charge in [0.25, 0.3) is 5.91 Å². The molecule has 2 heterocycles. The second kappa shape index (κ2) is 9.91. The van der Waals surface area contributed by atoms with Crippen molar-refractivity contribution in [2.45, 2.75) is 18.6 Å². The lowest BCUT2D eigenvalue weighted by molar-refractivity contribution is -0.125. The van der Waals surface area contributed by atoms with Gasteiger partial charge >= 0.3 is 6.03 Å². The van der Waals surface area contributed by atoms with Gasteiger partial charge in [0, 0.05) is 36.4 Å². The molecule has 3 N–H and O–H groups in total. The third-order valence-corrected chi connectivity index (χ3v) is 5.65. The van der Waals surface area contributed by atoms with Crippen LogP contribution in [0.25, 0.3) is 0 Å². The van der Waals surface area contributed by atoms with Gasteiger partial charge in [0.15, 0.2) is 0 Å². The number of aliphatic hydroxyl groups excluding tert-OH is 1. The summed E-state index contributed by atoms with van der Waals surface area (Å²) in [4.78, 5) is 40.2. The van der Waals surface area contributed by atoms with Crippen LogP contribution >= 0.6 is 0 Å². The highest BCUT2D eigenvalue weighted by atomic mass is 19.1. The molecule has 10 heteroatoms. The molecule has 34 heavy (non-hydrogen) atoms. The Morgan fingerprint density at radius 1 is 1.18 bits per heavy atom. The number of carbonyl (C=O) groups excluding carboxylic acids is 3. The van der Waals surface area contributed by atoms with E-state index in [0.717, 1.165) is 6.07 Å². The van der Waals surface area contributed by atoms with Gasteiger partial charge < -0.3 is 30.3 Å². The maximum Gasteiger partial charge on any atom is 0.322 e. The van der Waals surface area contributed by atoms with Gasteiger partial charge in [-0.1, -0.05) is 5.92 Å². The quantitative estimate of drug-likeness (QED) is 0.595. The van der Waals surface area contributed by atoms with Crippen LogP contribution in [-0.4, -0.2) is 66.3 Å². The lowest BCUT2D eigenvalue weighted by Crippen LogP contribution is -2.45. The van der Waals surface area contributed by atoms with Crippen molar-refractivity contribution < 1.29 is 28.6 Å². The summed E-state index contributed by atoms with van der Waals surface area (Å²) in [6, 6.07) is 9.05. The normalized spacial score (nSPS) is 20.1. The summed E-state index contributed by atoms with van der Waals surface area (Å²) in [5, 5.41) is 15.2. The van der Waals surface area contributed by atoms with Crippen molar-refractivity contribution in [3.8, 4) is 12.3 Å². The highest BCUT2D eigenvalue weighted by molar-refractivity contribution is 6.00. The SMILES string of the molecule is C#Cc1ccc(NC(=O)N2CC(O)CC2C(=O)Nc2ccc(N3CCOCC3=O)cc2F)cc1. The molecule has 2 aliphatic rings. The fraction of sp³-hybridized carbons (Fsp3) is 0.292. The summed E-state index contributed by atoms with van der Waals surface area (Å²) in [5.41, 5.74) is 1.39. The van der Waals surface area contributed by atoms with Gasteiger partial charge in [0.1, 0.15) is 18.5 Å². The molecule has 0 aromatic heterocycles. The molecule has 0 bridgehead atoms. The van der Waals surface area contributed by atoms with E-state index in [4.69, 9.17) is 11.2 Å². The molecule has 2 saturated heterocycles. The highest BCUT2D eigenvalue weighted by Crippen LogP contribution is 2.26. The number of rotatable bonds is 4. The number of hydrogen-bond donors (Lipinski definition) is 3. The van der Waals surface area contributed by atoms with Crippen molar-refractivity contribution in [3.05, 3.63) is 53.8 Å². The Morgan fingerprint density at radius 3 is 2.62 bits per heavy atom. The monoisotopic (exact) mass is 466 g/mol. The minimum Gasteiger partial charge on any atom is -0.391 e. The lowest BCUT2D eigenvalue weighted by atomic mass is 10.1. The maximum absolute atomic E-state index is 14.7. The number of β-amino-alcohol motifs (C(OH)–C–C–N with tert-alkyl or cyclic N) is 1. The molecule has 9 nitrogen and oxygen atoms in total. The molecule has 2 atom stereocenters. The van der Waals surface area contributed by atoms with E-state index in [0.29, 0.717) is 30.1 Å². The minimum atomic E-state index is -1.00. The molecule has 2 aromatic carbocycles. The van der Waals surface area contributed by atoms with Crippen LogP contribution in [0.3, 0.4) is 0 Å². The van der Waals surface area contributed by atoms with Crippen molar-refractivity contribution in [1.29, 1.82) is 0 Å². The highest BCUT2D eigenvalue weighted by Gasteiger charge is 2.39. The first-order chi connectivity index (χ1) is 16.4. The van der Waals surface area contributed by atoms with E-state index in [-0.39, 0.29) is 31.2 Å². The summed E-state index contributed by atoms with van der Waals surface area (Å²) >= 11 is 0. The van der Waals surface area contributed by atoms with Crippen LogP contribution in [0.15, 0.2) is 42.5 Å². The van der Waals surface area contributed by atoms with Gasteiger partial charge in [0.05, 0.1) is 18.4 Å². The summed E-state index contributed by atoms with van der Waals surface area (Å²) in [5.74, 6) is 0.834. The molecule has 4 rings (SSSR count).